The Morgan fingerprint density at radius 2 is 1.70 bits per heavy atom. The number of rotatable bonds is 9. The molecule has 20 heavy (non-hydrogen) atoms. The van der Waals surface area contributed by atoms with Gasteiger partial charge in [-0.3, -0.25) is 0 Å². The summed E-state index contributed by atoms with van der Waals surface area (Å²) < 4.78 is 5.07. The summed E-state index contributed by atoms with van der Waals surface area (Å²) in [6, 6.07) is 0. The molecule has 0 unspecified atom stereocenters. The normalized spacial score (nSPS) is 13.2. The average Bonchev–Trinajstić information content (AvgIpc) is 2.38. The highest BCUT2D eigenvalue weighted by Crippen LogP contribution is 2.37. The smallest absolute Gasteiger partial charge is 0.450 e. The molecular weight excluding hydrogens is 300 g/mol. The van der Waals surface area contributed by atoms with Crippen molar-refractivity contribution < 1.29 is 14.6 Å². The molecule has 3 nitrogen and oxygen atoms in total. The lowest BCUT2D eigenvalue weighted by atomic mass is 10.5. The van der Waals surface area contributed by atoms with Crippen LogP contribution in [0.1, 0.15) is 13.8 Å². The van der Waals surface area contributed by atoms with Crippen LogP contribution < -0.4 is 0 Å². The van der Waals surface area contributed by atoms with Gasteiger partial charge < -0.3 is 9.84 Å². The molecule has 0 spiro atoms. The first kappa shape index (κ1) is 19.1. The van der Waals surface area contributed by atoms with Crippen LogP contribution in [-0.4, -0.2) is 43.2 Å². The van der Waals surface area contributed by atoms with Crippen molar-refractivity contribution in [2.45, 2.75) is 37.3 Å². The van der Waals surface area contributed by atoms with E-state index in [1.54, 1.807) is 0 Å². The van der Waals surface area contributed by atoms with E-state index in [1.807, 2.05) is 17.1 Å². The predicted molar refractivity (Wildman–Crippen MR) is 95.2 cm³/mol. The molecule has 0 aliphatic carbocycles. The van der Waals surface area contributed by atoms with Crippen LogP contribution in [0, 0.1) is 0 Å². The molecule has 6 heteroatoms. The van der Waals surface area contributed by atoms with Crippen molar-refractivity contribution in [2.24, 2.45) is 0 Å². The van der Waals surface area contributed by atoms with Crippen molar-refractivity contribution in [1.29, 1.82) is 0 Å². The molecule has 0 amide bonds. The van der Waals surface area contributed by atoms with Crippen LogP contribution >= 0.6 is 0 Å². The zero-order chi connectivity index (χ0) is 16.0. The van der Waals surface area contributed by atoms with E-state index in [0.29, 0.717) is 6.23 Å². The molecule has 0 aliphatic heterocycles. The molecule has 0 aromatic heterocycles. The van der Waals surface area contributed by atoms with Gasteiger partial charge in [-0.05, 0) is 4.66 Å². The Morgan fingerprint density at radius 1 is 1.25 bits per heavy atom. The van der Waals surface area contributed by atoms with Crippen molar-refractivity contribution >= 4 is 31.8 Å². The Bertz CT molecular complexity index is 367. The molecule has 0 rings (SSSR count). The average molecular weight is 329 g/mol. The summed E-state index contributed by atoms with van der Waals surface area (Å²) in [5.41, 5.74) is 7.27. The van der Waals surface area contributed by atoms with Gasteiger partial charge in [0.1, 0.15) is 8.07 Å². The van der Waals surface area contributed by atoms with Gasteiger partial charge in [0.15, 0.2) is 0 Å². The molecule has 0 saturated carbocycles. The lowest BCUT2D eigenvalue weighted by Crippen LogP contribution is -2.49. The standard InChI is InChI=1S/C14H28O3Si3/c1-8-20(9-2,10-3)12-18-14(4,5)19(6,7)11-17-13(15)16/h8-10H,1-3,11-12,18H2,4-7H3,(H,15,16). The topological polar surface area (TPSA) is 46.5 Å². The molecule has 1 N–H and O–H groups in total. The number of carbonyl (C=O) groups is 1. The van der Waals surface area contributed by atoms with E-state index in [1.165, 1.54) is 0 Å². The Kier molecular flexibility index (Phi) is 6.92. The van der Waals surface area contributed by atoms with Crippen LogP contribution in [0.3, 0.4) is 0 Å². The molecular formula is C14H28O3Si3. The highest BCUT2D eigenvalue weighted by Gasteiger charge is 2.41. The Hall–Kier alpha value is -0.859. The lowest BCUT2D eigenvalue weighted by Gasteiger charge is -2.40. The summed E-state index contributed by atoms with van der Waals surface area (Å²) >= 11 is 0. The summed E-state index contributed by atoms with van der Waals surface area (Å²) in [7, 11) is -3.90. The molecule has 0 aromatic rings. The van der Waals surface area contributed by atoms with Crippen LogP contribution in [0.2, 0.25) is 23.4 Å². The van der Waals surface area contributed by atoms with Gasteiger partial charge in [-0.1, -0.05) is 49.7 Å². The van der Waals surface area contributed by atoms with E-state index in [0.717, 1.165) is 5.67 Å². The number of hydrogen-bond donors (Lipinski definition) is 1. The van der Waals surface area contributed by atoms with Crippen molar-refractivity contribution in [1.82, 2.24) is 0 Å². The Balaban J connectivity index is 4.88. The van der Waals surface area contributed by atoms with Gasteiger partial charge in [0.2, 0.25) is 0 Å². The molecule has 0 atom stereocenters. The fourth-order valence-corrected chi connectivity index (χ4v) is 14.1. The molecule has 0 fully saturated rings. The fraction of sp³-hybridized carbons (Fsp3) is 0.500. The molecule has 0 bridgehead atoms. The van der Waals surface area contributed by atoms with Crippen molar-refractivity contribution in [3.05, 3.63) is 36.8 Å². The molecule has 114 valence electrons. The van der Waals surface area contributed by atoms with E-state index in [9.17, 15) is 4.79 Å². The van der Waals surface area contributed by atoms with Gasteiger partial charge in [0.25, 0.3) is 0 Å². The Labute approximate surface area is 127 Å². The summed E-state index contributed by atoms with van der Waals surface area (Å²) in [4.78, 5) is 10.6. The number of hydrogen-bond acceptors (Lipinski definition) is 2. The predicted octanol–water partition coefficient (Wildman–Crippen LogP) is 3.42. The summed E-state index contributed by atoms with van der Waals surface area (Å²) in [6.45, 7) is 20.8. The first-order chi connectivity index (χ1) is 9.06. The molecule has 0 saturated heterocycles. The van der Waals surface area contributed by atoms with E-state index in [-0.39, 0.29) is 4.66 Å². The minimum Gasteiger partial charge on any atom is -0.450 e. The third-order valence-corrected chi connectivity index (χ3v) is 20.9. The van der Waals surface area contributed by atoms with Crippen LogP contribution in [0.4, 0.5) is 4.79 Å². The van der Waals surface area contributed by atoms with Crippen LogP contribution in [-0.2, 0) is 4.74 Å². The minimum atomic E-state index is -1.75. The van der Waals surface area contributed by atoms with Crippen LogP contribution in [0.25, 0.3) is 0 Å². The van der Waals surface area contributed by atoms with E-state index in [2.05, 4.69) is 46.7 Å². The maximum absolute atomic E-state index is 10.6. The second kappa shape index (κ2) is 7.24. The third-order valence-electron chi connectivity index (χ3n) is 4.71. The van der Waals surface area contributed by atoms with Gasteiger partial charge in [-0.15, -0.1) is 19.7 Å². The summed E-state index contributed by atoms with van der Waals surface area (Å²) in [5.74, 6) is 0. The first-order valence-corrected chi connectivity index (χ1v) is 14.2. The Morgan fingerprint density at radius 3 is 2.05 bits per heavy atom. The zero-order valence-electron chi connectivity index (χ0n) is 13.2. The van der Waals surface area contributed by atoms with Gasteiger partial charge in [-0.2, -0.15) is 0 Å². The highest BCUT2D eigenvalue weighted by molar-refractivity contribution is 7.00. The van der Waals surface area contributed by atoms with Crippen molar-refractivity contribution in [3.8, 4) is 0 Å². The number of carboxylic acid groups (broad SMARTS) is 1. The monoisotopic (exact) mass is 328 g/mol. The van der Waals surface area contributed by atoms with Gasteiger partial charge in [0.05, 0.1) is 14.3 Å². The van der Waals surface area contributed by atoms with Gasteiger partial charge >= 0.3 is 6.16 Å². The lowest BCUT2D eigenvalue weighted by molar-refractivity contribution is 0.105. The highest BCUT2D eigenvalue weighted by atomic mass is 28.4. The molecule has 0 radical (unpaired) electrons. The second-order valence-electron chi connectivity index (χ2n) is 6.55. The van der Waals surface area contributed by atoms with Crippen molar-refractivity contribution in [2.75, 3.05) is 6.23 Å². The van der Waals surface area contributed by atoms with Gasteiger partial charge in [-0.25, -0.2) is 4.79 Å². The quantitative estimate of drug-likeness (QED) is 0.521. The van der Waals surface area contributed by atoms with E-state index in [4.69, 9.17) is 9.84 Å². The van der Waals surface area contributed by atoms with E-state index >= 15 is 0 Å². The zero-order valence-corrected chi connectivity index (χ0v) is 16.7. The SMILES string of the molecule is C=C[Si](C=C)(C=C)C[SiH2]C(C)(C)[Si](C)(C)COC(=O)O. The largest absolute Gasteiger partial charge is 0.505 e. The molecule has 0 heterocycles. The van der Waals surface area contributed by atoms with Crippen LogP contribution in [0.15, 0.2) is 36.8 Å². The van der Waals surface area contributed by atoms with E-state index < -0.39 is 31.8 Å². The van der Waals surface area contributed by atoms with Gasteiger partial charge in [0, 0.05) is 9.52 Å². The maximum atomic E-state index is 10.6. The molecule has 0 aliphatic rings. The third kappa shape index (κ3) is 4.92. The fourth-order valence-electron chi connectivity index (χ4n) is 1.86. The first-order valence-electron chi connectivity index (χ1n) is 6.82. The maximum Gasteiger partial charge on any atom is 0.505 e. The second-order valence-corrected chi connectivity index (χ2v) is 20.4. The summed E-state index contributed by atoms with van der Waals surface area (Å²) in [6.07, 6.45) is -0.803. The molecule has 0 aromatic carbocycles. The van der Waals surface area contributed by atoms with Crippen molar-refractivity contribution in [3.63, 3.8) is 0 Å². The minimum absolute atomic E-state index is 0.218. The van der Waals surface area contributed by atoms with Crippen LogP contribution in [0.5, 0.6) is 0 Å². The summed E-state index contributed by atoms with van der Waals surface area (Å²) in [5, 5.41) is 8.69. The number of ether oxygens (including phenoxy) is 1.